The van der Waals surface area contributed by atoms with Crippen molar-refractivity contribution in [2.45, 2.75) is 12.6 Å². The van der Waals surface area contributed by atoms with Crippen molar-refractivity contribution in [3.05, 3.63) is 72.3 Å². The van der Waals surface area contributed by atoms with E-state index in [2.05, 4.69) is 35.3 Å². The maximum absolute atomic E-state index is 13.3. The van der Waals surface area contributed by atoms with Crippen molar-refractivity contribution in [2.75, 3.05) is 25.1 Å². The molecule has 27 heavy (non-hydrogen) atoms. The number of carbonyl (C=O) groups excluding carboxylic acids is 1. The topological polar surface area (TPSA) is 36.0 Å². The van der Waals surface area contributed by atoms with E-state index in [-0.39, 0.29) is 12.2 Å². The quantitative estimate of drug-likeness (QED) is 0.695. The van der Waals surface area contributed by atoms with Crippen molar-refractivity contribution in [3.63, 3.8) is 0 Å². The highest BCUT2D eigenvalue weighted by Gasteiger charge is 2.48. The first kappa shape index (κ1) is 16.1. The molecule has 5 rings (SSSR count). The number of hydrogen-bond acceptors (Lipinski definition) is 3. The lowest BCUT2D eigenvalue weighted by atomic mass is 10.1. The fraction of sp³-hybridized carbons (Fsp3) is 0.227. The number of hydrazine groups is 1. The lowest BCUT2D eigenvalue weighted by molar-refractivity contribution is 0.0728. The molecule has 2 heterocycles. The number of methoxy groups -OCH3 is 1. The third-order valence-corrected chi connectivity index (χ3v) is 5.46. The van der Waals surface area contributed by atoms with Crippen LogP contribution in [0.25, 0.3) is 10.8 Å². The molecular weight excluding hydrogens is 338 g/mol. The zero-order chi connectivity index (χ0) is 18.4. The predicted octanol–water partition coefficient (Wildman–Crippen LogP) is 4.41. The molecule has 0 aliphatic carbocycles. The van der Waals surface area contributed by atoms with Crippen molar-refractivity contribution in [1.82, 2.24) is 10.0 Å². The second-order valence-corrected chi connectivity index (χ2v) is 6.94. The summed E-state index contributed by atoms with van der Waals surface area (Å²) in [4.78, 5) is 15.3. The number of amides is 2. The largest absolute Gasteiger partial charge is 0.497 e. The Labute approximate surface area is 158 Å². The van der Waals surface area contributed by atoms with Crippen molar-refractivity contribution in [3.8, 4) is 5.75 Å². The standard InChI is InChI=1S/C22H21N3O2/c1-27-18-12-10-17(11-13-18)21-23-14-5-15-24(23)22(26)25(21)20-9-4-7-16-6-2-3-8-19(16)20/h2-4,6-13,21H,5,14-15H2,1H3/t21-/m1/s1. The Hall–Kier alpha value is -3.05. The first-order chi connectivity index (χ1) is 13.3. The number of nitrogens with zero attached hydrogens (tertiary/aromatic N) is 3. The van der Waals surface area contributed by atoms with E-state index in [1.807, 2.05) is 46.3 Å². The maximum Gasteiger partial charge on any atom is 0.340 e. The number of ether oxygens (including phenoxy) is 1. The van der Waals surface area contributed by atoms with Gasteiger partial charge in [-0.05, 0) is 35.6 Å². The number of fused-ring (bicyclic) bond motifs is 2. The second-order valence-electron chi connectivity index (χ2n) is 6.94. The molecule has 0 bridgehead atoms. The Morgan fingerprint density at radius 3 is 2.52 bits per heavy atom. The summed E-state index contributed by atoms with van der Waals surface area (Å²) in [6.07, 6.45) is 0.860. The van der Waals surface area contributed by atoms with Crippen molar-refractivity contribution >= 4 is 22.5 Å². The van der Waals surface area contributed by atoms with Crippen LogP contribution < -0.4 is 9.64 Å². The summed E-state index contributed by atoms with van der Waals surface area (Å²) in [6.45, 7) is 1.65. The number of hydrogen-bond donors (Lipinski definition) is 0. The molecule has 0 unspecified atom stereocenters. The van der Waals surface area contributed by atoms with E-state index in [0.717, 1.165) is 47.3 Å². The average Bonchev–Trinajstić information content (AvgIpc) is 3.30. The monoisotopic (exact) mass is 359 g/mol. The zero-order valence-electron chi connectivity index (χ0n) is 15.2. The molecule has 2 saturated heterocycles. The molecule has 2 aliphatic rings. The van der Waals surface area contributed by atoms with Gasteiger partial charge < -0.3 is 4.74 Å². The molecule has 136 valence electrons. The van der Waals surface area contributed by atoms with Gasteiger partial charge >= 0.3 is 6.03 Å². The van der Waals surface area contributed by atoms with Crippen molar-refractivity contribution in [1.29, 1.82) is 0 Å². The smallest absolute Gasteiger partial charge is 0.340 e. The van der Waals surface area contributed by atoms with Gasteiger partial charge in [-0.3, -0.25) is 9.91 Å². The van der Waals surface area contributed by atoms with Crippen LogP contribution in [-0.4, -0.2) is 36.2 Å². The van der Waals surface area contributed by atoms with Gasteiger partial charge in [0, 0.05) is 18.5 Å². The molecule has 2 amide bonds. The normalized spacial score (nSPS) is 19.7. The third-order valence-electron chi connectivity index (χ3n) is 5.46. The summed E-state index contributed by atoms with van der Waals surface area (Å²) in [5.74, 6) is 0.818. The fourth-order valence-electron chi connectivity index (χ4n) is 4.20. The number of rotatable bonds is 3. The molecular formula is C22H21N3O2. The van der Waals surface area contributed by atoms with Gasteiger partial charge in [0.1, 0.15) is 11.9 Å². The van der Waals surface area contributed by atoms with Crippen LogP contribution >= 0.6 is 0 Å². The van der Waals surface area contributed by atoms with Gasteiger partial charge in [0.05, 0.1) is 12.8 Å². The molecule has 2 aliphatic heterocycles. The highest BCUT2D eigenvalue weighted by Crippen LogP contribution is 2.42. The van der Waals surface area contributed by atoms with E-state index in [1.165, 1.54) is 0 Å². The first-order valence-corrected chi connectivity index (χ1v) is 9.27. The molecule has 3 aromatic rings. The van der Waals surface area contributed by atoms with E-state index in [9.17, 15) is 4.79 Å². The van der Waals surface area contributed by atoms with Gasteiger partial charge in [-0.1, -0.05) is 48.5 Å². The van der Waals surface area contributed by atoms with E-state index >= 15 is 0 Å². The minimum absolute atomic E-state index is 0.0460. The van der Waals surface area contributed by atoms with Crippen LogP contribution in [0.3, 0.4) is 0 Å². The van der Waals surface area contributed by atoms with Crippen LogP contribution in [0.2, 0.25) is 0 Å². The van der Waals surface area contributed by atoms with E-state index in [4.69, 9.17) is 4.74 Å². The van der Waals surface area contributed by atoms with Crippen LogP contribution in [0, 0.1) is 0 Å². The van der Waals surface area contributed by atoms with Crippen LogP contribution in [-0.2, 0) is 0 Å². The number of urea groups is 1. The number of carbonyl (C=O) groups is 1. The van der Waals surface area contributed by atoms with Gasteiger partial charge in [0.15, 0.2) is 0 Å². The van der Waals surface area contributed by atoms with Gasteiger partial charge in [-0.2, -0.15) is 5.01 Å². The summed E-state index contributed by atoms with van der Waals surface area (Å²) < 4.78 is 5.30. The third kappa shape index (κ3) is 2.46. The predicted molar refractivity (Wildman–Crippen MR) is 106 cm³/mol. The zero-order valence-corrected chi connectivity index (χ0v) is 15.2. The minimum Gasteiger partial charge on any atom is -0.497 e. The summed E-state index contributed by atoms with van der Waals surface area (Å²) in [6, 6.07) is 22.4. The first-order valence-electron chi connectivity index (χ1n) is 9.27. The molecule has 0 saturated carbocycles. The molecule has 5 nitrogen and oxygen atoms in total. The van der Waals surface area contributed by atoms with Crippen molar-refractivity contribution in [2.24, 2.45) is 0 Å². The van der Waals surface area contributed by atoms with Crippen LogP contribution in [0.4, 0.5) is 10.5 Å². The van der Waals surface area contributed by atoms with Crippen LogP contribution in [0.15, 0.2) is 66.7 Å². The molecule has 2 fully saturated rings. The molecule has 0 radical (unpaired) electrons. The number of benzene rings is 3. The van der Waals surface area contributed by atoms with Gasteiger partial charge in [0.2, 0.25) is 0 Å². The SMILES string of the molecule is COc1ccc([C@H]2N(c3cccc4ccccc34)C(=O)N3CCCN23)cc1. The summed E-state index contributed by atoms with van der Waals surface area (Å²) in [5.41, 5.74) is 2.04. The summed E-state index contributed by atoms with van der Waals surface area (Å²) >= 11 is 0. The van der Waals surface area contributed by atoms with E-state index < -0.39 is 0 Å². The Morgan fingerprint density at radius 1 is 0.926 bits per heavy atom. The maximum atomic E-state index is 13.3. The molecule has 3 aromatic carbocycles. The van der Waals surface area contributed by atoms with E-state index in [0.29, 0.717) is 0 Å². The number of anilines is 1. The fourth-order valence-corrected chi connectivity index (χ4v) is 4.20. The average molecular weight is 359 g/mol. The highest BCUT2D eigenvalue weighted by molar-refractivity contribution is 6.04. The molecule has 5 heteroatoms. The molecule has 0 N–H and O–H groups in total. The Kier molecular flexibility index (Phi) is 3.76. The highest BCUT2D eigenvalue weighted by atomic mass is 16.5. The molecule has 1 atom stereocenters. The van der Waals surface area contributed by atoms with Crippen LogP contribution in [0.1, 0.15) is 18.2 Å². The van der Waals surface area contributed by atoms with Gasteiger partial charge in [-0.25, -0.2) is 4.79 Å². The van der Waals surface area contributed by atoms with Gasteiger partial charge in [0.25, 0.3) is 0 Å². The van der Waals surface area contributed by atoms with Crippen LogP contribution in [0.5, 0.6) is 5.75 Å². The van der Waals surface area contributed by atoms with Crippen molar-refractivity contribution < 1.29 is 9.53 Å². The minimum atomic E-state index is -0.142. The Balaban J connectivity index is 1.66. The molecule has 0 aromatic heterocycles. The second kappa shape index (κ2) is 6.28. The van der Waals surface area contributed by atoms with E-state index in [1.54, 1.807) is 7.11 Å². The Bertz CT molecular complexity index is 997. The Morgan fingerprint density at radius 2 is 1.70 bits per heavy atom. The summed E-state index contributed by atoms with van der Waals surface area (Å²) in [5, 5.41) is 6.30. The lowest BCUT2D eigenvalue weighted by Crippen LogP contribution is -2.32. The molecule has 0 spiro atoms. The summed E-state index contributed by atoms with van der Waals surface area (Å²) in [7, 11) is 1.67. The van der Waals surface area contributed by atoms with Gasteiger partial charge in [-0.15, -0.1) is 0 Å². The lowest BCUT2D eigenvalue weighted by Gasteiger charge is -2.28.